The zero-order valence-electron chi connectivity index (χ0n) is 18.3. The highest BCUT2D eigenvalue weighted by molar-refractivity contribution is 5.87. The van der Waals surface area contributed by atoms with Crippen molar-refractivity contribution in [3.8, 4) is 5.75 Å². The van der Waals surface area contributed by atoms with E-state index in [1.165, 1.54) is 12.1 Å². The number of hydrogen-bond acceptors (Lipinski definition) is 8. The largest absolute Gasteiger partial charge is 0.484 e. The van der Waals surface area contributed by atoms with Crippen LogP contribution in [0.5, 0.6) is 5.75 Å². The van der Waals surface area contributed by atoms with Gasteiger partial charge in [0, 0.05) is 23.8 Å². The molecular weight excluding hydrogens is 450 g/mol. The first-order chi connectivity index (χ1) is 17.1. The second-order valence-electron chi connectivity index (χ2n) is 7.71. The van der Waals surface area contributed by atoms with Crippen LogP contribution in [0.15, 0.2) is 76.6 Å². The number of pyridine rings is 2. The third-order valence-corrected chi connectivity index (χ3v) is 5.35. The van der Waals surface area contributed by atoms with Gasteiger partial charge >= 0.3 is 0 Å². The Morgan fingerprint density at radius 2 is 1.66 bits per heavy atom. The SMILES string of the molecule is O=C(COc1ccc2c(=O)c3[nH]nnc3c(=O)[nH]c2c1)N(Cc1ccccn1)Cc1ccccn1. The molecule has 0 unspecified atom stereocenters. The van der Waals surface area contributed by atoms with Crippen molar-refractivity contribution in [2.45, 2.75) is 13.1 Å². The molecule has 1 aromatic carbocycles. The van der Waals surface area contributed by atoms with Crippen molar-refractivity contribution in [2.75, 3.05) is 6.61 Å². The summed E-state index contributed by atoms with van der Waals surface area (Å²) in [5, 5.41) is 9.92. The average molecular weight is 469 g/mol. The lowest BCUT2D eigenvalue weighted by Crippen LogP contribution is -2.34. The molecule has 0 saturated carbocycles. The second-order valence-corrected chi connectivity index (χ2v) is 7.71. The summed E-state index contributed by atoms with van der Waals surface area (Å²) in [7, 11) is 0. The van der Waals surface area contributed by atoms with Gasteiger partial charge in [0.1, 0.15) is 11.3 Å². The number of nitrogens with one attached hydrogen (secondary N) is 2. The Kier molecular flexibility index (Phi) is 5.95. The number of aromatic amines is 2. The normalized spacial score (nSPS) is 11.0. The molecular formula is C24H19N7O4. The van der Waals surface area contributed by atoms with Crippen LogP contribution in [0.2, 0.25) is 0 Å². The zero-order valence-corrected chi connectivity index (χ0v) is 18.3. The standard InChI is InChI=1S/C24H19N7O4/c32-20(31(12-15-5-1-3-9-25-15)13-16-6-2-4-10-26-16)14-35-17-7-8-18-19(11-17)27-24(34)22-21(23(18)33)28-30-29-22/h1-11H,12-14H2,(H,27,34)(H,28,29,30). The number of rotatable bonds is 7. The minimum Gasteiger partial charge on any atom is -0.484 e. The molecule has 0 fully saturated rings. The monoisotopic (exact) mass is 469 g/mol. The molecule has 0 saturated heterocycles. The molecule has 0 atom stereocenters. The van der Waals surface area contributed by atoms with Crippen LogP contribution in [0.1, 0.15) is 11.4 Å². The molecule has 11 nitrogen and oxygen atoms in total. The minimum absolute atomic E-state index is 0.0183. The Hall–Kier alpha value is -4.93. The van der Waals surface area contributed by atoms with Crippen LogP contribution in [-0.2, 0) is 17.9 Å². The van der Waals surface area contributed by atoms with Crippen LogP contribution in [-0.4, -0.2) is 47.8 Å². The topological polar surface area (TPSA) is 147 Å². The fourth-order valence-electron chi connectivity index (χ4n) is 3.62. The molecule has 4 aromatic heterocycles. The highest BCUT2D eigenvalue weighted by Crippen LogP contribution is 2.17. The van der Waals surface area contributed by atoms with Crippen LogP contribution >= 0.6 is 0 Å². The van der Waals surface area contributed by atoms with Crippen LogP contribution in [0.4, 0.5) is 0 Å². The number of H-pyrrole nitrogens is 2. The van der Waals surface area contributed by atoms with Crippen molar-refractivity contribution >= 4 is 27.8 Å². The van der Waals surface area contributed by atoms with Crippen molar-refractivity contribution in [3.05, 3.63) is 99.0 Å². The van der Waals surface area contributed by atoms with E-state index >= 15 is 0 Å². The van der Waals surface area contributed by atoms with Gasteiger partial charge in [-0.1, -0.05) is 17.3 Å². The second kappa shape index (κ2) is 9.51. The summed E-state index contributed by atoms with van der Waals surface area (Å²) in [4.78, 5) is 51.1. The molecule has 11 heteroatoms. The Bertz CT molecular complexity index is 1580. The fraction of sp³-hybridized carbons (Fsp3) is 0.125. The molecule has 35 heavy (non-hydrogen) atoms. The molecule has 0 aliphatic heterocycles. The van der Waals surface area contributed by atoms with Gasteiger partial charge in [-0.3, -0.25) is 29.5 Å². The number of nitrogens with zero attached hydrogens (tertiary/aromatic N) is 5. The summed E-state index contributed by atoms with van der Waals surface area (Å²) < 4.78 is 5.73. The molecule has 5 aromatic rings. The van der Waals surface area contributed by atoms with Crippen LogP contribution in [0.25, 0.3) is 21.9 Å². The third kappa shape index (κ3) is 4.74. The zero-order chi connectivity index (χ0) is 24.2. The van der Waals surface area contributed by atoms with E-state index < -0.39 is 11.0 Å². The van der Waals surface area contributed by atoms with Crippen molar-refractivity contribution in [2.24, 2.45) is 0 Å². The Labute approximate surface area is 197 Å². The summed E-state index contributed by atoms with van der Waals surface area (Å²) in [5.74, 6) is 0.0408. The summed E-state index contributed by atoms with van der Waals surface area (Å²) in [6.45, 7) is 0.311. The molecule has 0 spiro atoms. The number of hydrogen-bond donors (Lipinski definition) is 2. The molecule has 4 heterocycles. The number of aromatic nitrogens is 6. The molecule has 174 valence electrons. The number of amides is 1. The van der Waals surface area contributed by atoms with Crippen molar-refractivity contribution in [1.29, 1.82) is 0 Å². The van der Waals surface area contributed by atoms with Crippen molar-refractivity contribution in [3.63, 3.8) is 0 Å². The fourth-order valence-corrected chi connectivity index (χ4v) is 3.62. The minimum atomic E-state index is -0.564. The van der Waals surface area contributed by atoms with Gasteiger partial charge < -0.3 is 14.6 Å². The summed E-state index contributed by atoms with van der Waals surface area (Å²) >= 11 is 0. The van der Waals surface area contributed by atoms with E-state index in [0.29, 0.717) is 5.75 Å². The molecule has 0 aliphatic rings. The molecule has 2 N–H and O–H groups in total. The van der Waals surface area contributed by atoms with Crippen LogP contribution in [0.3, 0.4) is 0 Å². The highest BCUT2D eigenvalue weighted by Gasteiger charge is 2.17. The molecule has 1 amide bonds. The predicted molar refractivity (Wildman–Crippen MR) is 127 cm³/mol. The Balaban J connectivity index is 1.38. The average Bonchev–Trinajstić information content (AvgIpc) is 3.35. The lowest BCUT2D eigenvalue weighted by Gasteiger charge is -2.22. The van der Waals surface area contributed by atoms with Gasteiger partial charge in [0.2, 0.25) is 5.43 Å². The Morgan fingerprint density at radius 1 is 0.943 bits per heavy atom. The Morgan fingerprint density at radius 3 is 2.31 bits per heavy atom. The van der Waals surface area contributed by atoms with E-state index in [9.17, 15) is 14.4 Å². The van der Waals surface area contributed by atoms with E-state index in [1.54, 1.807) is 23.4 Å². The lowest BCUT2D eigenvalue weighted by atomic mass is 10.2. The smallest absolute Gasteiger partial charge is 0.278 e. The van der Waals surface area contributed by atoms with E-state index in [4.69, 9.17) is 4.74 Å². The maximum absolute atomic E-state index is 13.1. The van der Waals surface area contributed by atoms with Gasteiger partial charge in [-0.2, -0.15) is 0 Å². The molecule has 0 aliphatic carbocycles. The maximum Gasteiger partial charge on any atom is 0.278 e. The van der Waals surface area contributed by atoms with Crippen LogP contribution < -0.4 is 15.7 Å². The van der Waals surface area contributed by atoms with Gasteiger partial charge in [0.05, 0.1) is 30.0 Å². The highest BCUT2D eigenvalue weighted by atomic mass is 16.5. The molecule has 0 radical (unpaired) electrons. The number of carbonyl (C=O) groups is 1. The van der Waals surface area contributed by atoms with Crippen molar-refractivity contribution in [1.82, 2.24) is 35.3 Å². The number of benzene rings is 1. The molecule has 0 bridgehead atoms. The van der Waals surface area contributed by atoms with E-state index in [0.717, 1.165) is 11.4 Å². The molecule has 5 rings (SSSR count). The quantitative estimate of drug-likeness (QED) is 0.365. The first kappa shape index (κ1) is 21.9. The number of carbonyl (C=O) groups excluding carboxylic acids is 1. The van der Waals surface area contributed by atoms with Gasteiger partial charge in [-0.05, 0) is 36.4 Å². The first-order valence-corrected chi connectivity index (χ1v) is 10.7. The van der Waals surface area contributed by atoms with Gasteiger partial charge in [0.15, 0.2) is 12.1 Å². The van der Waals surface area contributed by atoms with E-state index in [2.05, 4.69) is 30.4 Å². The number of fused-ring (bicyclic) bond motifs is 2. The first-order valence-electron chi connectivity index (χ1n) is 10.7. The predicted octanol–water partition coefficient (Wildman–Crippen LogP) is 1.56. The summed E-state index contributed by atoms with van der Waals surface area (Å²) in [6, 6.07) is 15.6. The third-order valence-electron chi connectivity index (χ3n) is 5.35. The number of ether oxygens (including phenoxy) is 1. The maximum atomic E-state index is 13.1. The van der Waals surface area contributed by atoms with E-state index in [1.807, 2.05) is 36.4 Å². The summed E-state index contributed by atoms with van der Waals surface area (Å²) in [5.41, 5.74) is 0.677. The van der Waals surface area contributed by atoms with E-state index in [-0.39, 0.29) is 47.5 Å². The van der Waals surface area contributed by atoms with Gasteiger partial charge in [-0.25, -0.2) is 0 Å². The lowest BCUT2D eigenvalue weighted by molar-refractivity contribution is -0.134. The summed E-state index contributed by atoms with van der Waals surface area (Å²) in [6.07, 6.45) is 3.34. The van der Waals surface area contributed by atoms with Crippen LogP contribution in [0, 0.1) is 0 Å². The van der Waals surface area contributed by atoms with Gasteiger partial charge in [-0.15, -0.1) is 5.10 Å². The van der Waals surface area contributed by atoms with Crippen molar-refractivity contribution < 1.29 is 9.53 Å². The van der Waals surface area contributed by atoms with Gasteiger partial charge in [0.25, 0.3) is 11.5 Å².